The molecule has 1 aliphatic heterocycles. The van der Waals surface area contributed by atoms with E-state index in [1.807, 2.05) is 0 Å². The van der Waals surface area contributed by atoms with E-state index in [4.69, 9.17) is 0 Å². The maximum absolute atomic E-state index is 12.9. The van der Waals surface area contributed by atoms with Crippen molar-refractivity contribution >= 4 is 11.8 Å². The van der Waals surface area contributed by atoms with E-state index < -0.39 is 5.91 Å². The van der Waals surface area contributed by atoms with E-state index in [1.54, 1.807) is 17.0 Å². The summed E-state index contributed by atoms with van der Waals surface area (Å²) in [6.07, 6.45) is 0.193. The molecule has 1 unspecified atom stereocenters. The van der Waals surface area contributed by atoms with Crippen LogP contribution in [0.25, 0.3) is 0 Å². The van der Waals surface area contributed by atoms with E-state index >= 15 is 0 Å². The Balaban J connectivity index is 1.62. The molecule has 3 rings (SSSR count). The maximum atomic E-state index is 12.9. The number of amides is 2. The Morgan fingerprint density at radius 2 is 1.96 bits per heavy atom. The van der Waals surface area contributed by atoms with E-state index in [0.717, 1.165) is 10.2 Å². The zero-order valence-electron chi connectivity index (χ0n) is 13.6. The molecule has 1 aliphatic rings. The number of nitrogens with one attached hydrogen (secondary N) is 1. The van der Waals surface area contributed by atoms with Crippen LogP contribution in [-0.4, -0.2) is 39.1 Å². The average molecular weight is 344 g/mol. The van der Waals surface area contributed by atoms with Crippen LogP contribution in [0.4, 0.5) is 4.39 Å². The van der Waals surface area contributed by atoms with Crippen LogP contribution in [0.3, 0.4) is 0 Å². The molecule has 0 saturated carbocycles. The zero-order chi connectivity index (χ0) is 18.0. The smallest absolute Gasteiger partial charge is 0.272 e. The van der Waals surface area contributed by atoms with Crippen LogP contribution >= 0.6 is 0 Å². The first-order chi connectivity index (χ1) is 11.9. The summed E-state index contributed by atoms with van der Waals surface area (Å²) in [6.45, 7) is 0.733. The van der Waals surface area contributed by atoms with Crippen molar-refractivity contribution in [2.24, 2.45) is 7.05 Å². The van der Waals surface area contributed by atoms with Crippen LogP contribution in [0.15, 0.2) is 41.2 Å². The Bertz CT molecular complexity index is 863. The third-order valence-electron chi connectivity index (χ3n) is 4.03. The minimum atomic E-state index is -0.433. The predicted molar refractivity (Wildman–Crippen MR) is 87.2 cm³/mol. The lowest BCUT2D eigenvalue weighted by molar-refractivity contribution is -0.128. The number of aromatic nitrogens is 2. The van der Waals surface area contributed by atoms with Gasteiger partial charge in [0.1, 0.15) is 11.5 Å². The van der Waals surface area contributed by atoms with Crippen molar-refractivity contribution < 1.29 is 14.0 Å². The first-order valence-electron chi connectivity index (χ1n) is 7.80. The summed E-state index contributed by atoms with van der Waals surface area (Å²) in [5.74, 6) is -0.841. The van der Waals surface area contributed by atoms with Gasteiger partial charge in [-0.1, -0.05) is 12.1 Å². The van der Waals surface area contributed by atoms with Gasteiger partial charge in [0.05, 0.1) is 6.04 Å². The Morgan fingerprint density at radius 1 is 1.24 bits per heavy atom. The van der Waals surface area contributed by atoms with Gasteiger partial charge in [0, 0.05) is 32.6 Å². The summed E-state index contributed by atoms with van der Waals surface area (Å²) in [4.78, 5) is 37.3. The standard InChI is InChI=1S/C17H17FN4O3/c1-21-15(23)7-6-14(20-21)17(25)19-13-8-16(24)22(10-13)9-11-2-4-12(18)5-3-11/h2-7,13H,8-10H2,1H3,(H,19,25). The highest BCUT2D eigenvalue weighted by Gasteiger charge is 2.31. The number of aryl methyl sites for hydroxylation is 1. The largest absolute Gasteiger partial charge is 0.346 e. The Labute approximate surface area is 143 Å². The molecule has 1 aromatic heterocycles. The molecule has 130 valence electrons. The number of benzene rings is 1. The summed E-state index contributed by atoms with van der Waals surface area (Å²) >= 11 is 0. The third kappa shape index (κ3) is 3.90. The van der Waals surface area contributed by atoms with Crippen molar-refractivity contribution in [3.8, 4) is 0 Å². The molecule has 1 atom stereocenters. The van der Waals surface area contributed by atoms with Gasteiger partial charge in [0.15, 0.2) is 0 Å². The first-order valence-corrected chi connectivity index (χ1v) is 7.80. The number of nitrogens with zero attached hydrogens (tertiary/aromatic N) is 3. The fourth-order valence-electron chi connectivity index (χ4n) is 2.71. The second-order valence-corrected chi connectivity index (χ2v) is 5.96. The molecule has 1 saturated heterocycles. The average Bonchev–Trinajstić information content (AvgIpc) is 2.91. The lowest BCUT2D eigenvalue weighted by atomic mass is 10.2. The monoisotopic (exact) mass is 344 g/mol. The van der Waals surface area contributed by atoms with E-state index in [1.165, 1.54) is 31.3 Å². The number of carbonyl (C=O) groups is 2. The van der Waals surface area contributed by atoms with Crippen molar-refractivity contribution in [1.29, 1.82) is 0 Å². The van der Waals surface area contributed by atoms with Crippen LogP contribution in [0.1, 0.15) is 22.5 Å². The molecule has 0 bridgehead atoms. The molecule has 7 nitrogen and oxygen atoms in total. The summed E-state index contributed by atoms with van der Waals surface area (Å²) in [7, 11) is 1.46. The van der Waals surface area contributed by atoms with E-state index in [-0.39, 0.29) is 35.4 Å². The summed E-state index contributed by atoms with van der Waals surface area (Å²) in [6, 6.07) is 8.24. The van der Waals surface area contributed by atoms with Gasteiger partial charge >= 0.3 is 0 Å². The maximum Gasteiger partial charge on any atom is 0.272 e. The number of likely N-dealkylation sites (tertiary alicyclic amines) is 1. The minimum absolute atomic E-state index is 0.0805. The van der Waals surface area contributed by atoms with E-state index in [0.29, 0.717) is 13.1 Å². The van der Waals surface area contributed by atoms with Gasteiger partial charge in [-0.2, -0.15) is 5.10 Å². The quantitative estimate of drug-likeness (QED) is 0.873. The fraction of sp³-hybridized carbons (Fsp3) is 0.294. The molecule has 2 heterocycles. The molecule has 1 N–H and O–H groups in total. The highest BCUT2D eigenvalue weighted by Crippen LogP contribution is 2.16. The van der Waals surface area contributed by atoms with Crippen LogP contribution in [-0.2, 0) is 18.4 Å². The lowest BCUT2D eigenvalue weighted by Crippen LogP contribution is -2.38. The van der Waals surface area contributed by atoms with Crippen molar-refractivity contribution in [3.05, 3.63) is 63.8 Å². The third-order valence-corrected chi connectivity index (χ3v) is 4.03. The number of hydrogen-bond acceptors (Lipinski definition) is 4. The van der Waals surface area contributed by atoms with Gasteiger partial charge in [-0.15, -0.1) is 0 Å². The van der Waals surface area contributed by atoms with Gasteiger partial charge in [0.25, 0.3) is 11.5 Å². The number of hydrogen-bond donors (Lipinski definition) is 1. The van der Waals surface area contributed by atoms with Gasteiger partial charge in [-0.05, 0) is 23.8 Å². The molecule has 0 aliphatic carbocycles. The number of carbonyl (C=O) groups excluding carboxylic acids is 2. The zero-order valence-corrected chi connectivity index (χ0v) is 13.6. The minimum Gasteiger partial charge on any atom is -0.346 e. The van der Waals surface area contributed by atoms with Crippen LogP contribution in [0.5, 0.6) is 0 Å². The van der Waals surface area contributed by atoms with Crippen molar-refractivity contribution in [1.82, 2.24) is 20.0 Å². The second-order valence-electron chi connectivity index (χ2n) is 5.96. The second kappa shape index (κ2) is 6.84. The molecule has 0 radical (unpaired) electrons. The van der Waals surface area contributed by atoms with E-state index in [9.17, 15) is 18.8 Å². The van der Waals surface area contributed by atoms with Crippen LogP contribution < -0.4 is 10.9 Å². The fourth-order valence-corrected chi connectivity index (χ4v) is 2.71. The van der Waals surface area contributed by atoms with Crippen molar-refractivity contribution in [2.75, 3.05) is 6.54 Å². The Morgan fingerprint density at radius 3 is 2.64 bits per heavy atom. The molecule has 8 heteroatoms. The van der Waals surface area contributed by atoms with Gasteiger partial charge in [-0.25, -0.2) is 9.07 Å². The molecule has 2 amide bonds. The highest BCUT2D eigenvalue weighted by atomic mass is 19.1. The van der Waals surface area contributed by atoms with Gasteiger partial charge < -0.3 is 10.2 Å². The van der Waals surface area contributed by atoms with Crippen molar-refractivity contribution in [2.45, 2.75) is 19.0 Å². The molecule has 25 heavy (non-hydrogen) atoms. The molecular weight excluding hydrogens is 327 g/mol. The first kappa shape index (κ1) is 16.8. The highest BCUT2D eigenvalue weighted by molar-refractivity contribution is 5.93. The molecule has 0 spiro atoms. The predicted octanol–water partition coefficient (Wildman–Crippen LogP) is 0.450. The summed E-state index contributed by atoms with van der Waals surface area (Å²) in [5, 5.41) is 6.64. The lowest BCUT2D eigenvalue weighted by Gasteiger charge is -2.17. The van der Waals surface area contributed by atoms with Crippen molar-refractivity contribution in [3.63, 3.8) is 0 Å². The molecule has 2 aromatic rings. The van der Waals surface area contributed by atoms with Gasteiger partial charge in [-0.3, -0.25) is 14.4 Å². The normalized spacial score (nSPS) is 17.0. The summed E-state index contributed by atoms with van der Waals surface area (Å²) < 4.78 is 14.0. The topological polar surface area (TPSA) is 84.3 Å². The van der Waals surface area contributed by atoms with Crippen LogP contribution in [0.2, 0.25) is 0 Å². The Kier molecular flexibility index (Phi) is 4.60. The Hall–Kier alpha value is -3.03. The number of halogens is 1. The molecular formula is C17H17FN4O3. The molecule has 1 aromatic carbocycles. The molecule has 1 fully saturated rings. The van der Waals surface area contributed by atoms with Gasteiger partial charge in [0.2, 0.25) is 5.91 Å². The number of rotatable bonds is 4. The SMILES string of the molecule is Cn1nc(C(=O)NC2CC(=O)N(Cc3ccc(F)cc3)C2)ccc1=O. The summed E-state index contributed by atoms with van der Waals surface area (Å²) in [5.41, 5.74) is 0.631. The van der Waals surface area contributed by atoms with Crippen LogP contribution in [0, 0.1) is 5.82 Å². The van der Waals surface area contributed by atoms with E-state index in [2.05, 4.69) is 10.4 Å².